The van der Waals surface area contributed by atoms with Crippen LogP contribution >= 0.6 is 0 Å². The third kappa shape index (κ3) is 3.84. The second-order valence-corrected chi connectivity index (χ2v) is 5.00. The van der Waals surface area contributed by atoms with Gasteiger partial charge < -0.3 is 5.11 Å². The van der Waals surface area contributed by atoms with E-state index in [-0.39, 0.29) is 12.0 Å². The first-order chi connectivity index (χ1) is 8.19. The molecule has 0 saturated heterocycles. The normalized spacial score (nSPS) is 14.8. The van der Waals surface area contributed by atoms with Crippen LogP contribution in [0.1, 0.15) is 52.0 Å². The van der Waals surface area contributed by atoms with Gasteiger partial charge >= 0.3 is 0 Å². The molecule has 1 N–H and O–H groups in total. The van der Waals surface area contributed by atoms with Gasteiger partial charge in [0.2, 0.25) is 0 Å². The molecule has 17 heavy (non-hydrogen) atoms. The average Bonchev–Trinajstić information content (AvgIpc) is 2.82. The summed E-state index contributed by atoms with van der Waals surface area (Å²) in [4.78, 5) is 0. The summed E-state index contributed by atoms with van der Waals surface area (Å²) in [6.07, 6.45) is 9.50. The summed E-state index contributed by atoms with van der Waals surface area (Å²) in [5, 5.41) is 14.0. The zero-order valence-electron chi connectivity index (χ0n) is 11.4. The SMILES string of the molecule is CCCCC(CC)(CO)Cc1cnn(CC)c1. The van der Waals surface area contributed by atoms with E-state index in [4.69, 9.17) is 0 Å². The molecule has 1 aromatic heterocycles. The molecule has 1 aromatic rings. The number of rotatable bonds is 8. The summed E-state index contributed by atoms with van der Waals surface area (Å²) in [6.45, 7) is 7.66. The zero-order chi connectivity index (χ0) is 12.7. The zero-order valence-corrected chi connectivity index (χ0v) is 11.4. The molecule has 0 amide bonds. The molecule has 0 saturated carbocycles. The van der Waals surface area contributed by atoms with E-state index >= 15 is 0 Å². The Hall–Kier alpha value is -0.830. The van der Waals surface area contributed by atoms with Crippen LogP contribution in [0, 0.1) is 5.41 Å². The highest BCUT2D eigenvalue weighted by Gasteiger charge is 2.27. The topological polar surface area (TPSA) is 38.1 Å². The lowest BCUT2D eigenvalue weighted by Crippen LogP contribution is -2.27. The van der Waals surface area contributed by atoms with E-state index in [1.165, 1.54) is 18.4 Å². The average molecular weight is 238 g/mol. The van der Waals surface area contributed by atoms with Crippen LogP contribution in [0.4, 0.5) is 0 Å². The number of aryl methyl sites for hydroxylation is 1. The van der Waals surface area contributed by atoms with Gasteiger partial charge in [-0.05, 0) is 37.2 Å². The standard InChI is InChI=1S/C14H26N2O/c1-4-7-8-14(5-2,12-17)9-13-10-15-16(6-3)11-13/h10-11,17H,4-9,12H2,1-3H3. The maximum atomic E-state index is 9.70. The molecular formula is C14H26N2O. The number of hydrogen-bond donors (Lipinski definition) is 1. The minimum absolute atomic E-state index is 0.0532. The molecule has 0 aliphatic carbocycles. The van der Waals surface area contributed by atoms with Gasteiger partial charge in [-0.3, -0.25) is 4.68 Å². The smallest absolute Gasteiger partial charge is 0.0521 e. The molecule has 0 aliphatic rings. The molecule has 98 valence electrons. The van der Waals surface area contributed by atoms with E-state index in [0.29, 0.717) is 0 Å². The molecule has 1 atom stereocenters. The van der Waals surface area contributed by atoms with E-state index in [1.54, 1.807) is 0 Å². The molecule has 0 bridgehead atoms. The fourth-order valence-corrected chi connectivity index (χ4v) is 2.29. The maximum absolute atomic E-state index is 9.70. The molecule has 0 aliphatic heterocycles. The van der Waals surface area contributed by atoms with Gasteiger partial charge in [-0.25, -0.2) is 0 Å². The summed E-state index contributed by atoms with van der Waals surface area (Å²) < 4.78 is 1.95. The van der Waals surface area contributed by atoms with Crippen molar-refractivity contribution in [1.29, 1.82) is 0 Å². The lowest BCUT2D eigenvalue weighted by Gasteiger charge is -2.30. The van der Waals surface area contributed by atoms with Gasteiger partial charge in [0.15, 0.2) is 0 Å². The van der Waals surface area contributed by atoms with E-state index in [9.17, 15) is 5.11 Å². The Kier molecular flexibility index (Phi) is 5.69. The molecule has 1 heterocycles. The van der Waals surface area contributed by atoms with Crippen molar-refractivity contribution in [2.45, 2.75) is 59.4 Å². The summed E-state index contributed by atoms with van der Waals surface area (Å²) in [5.41, 5.74) is 1.30. The van der Waals surface area contributed by atoms with E-state index < -0.39 is 0 Å². The molecule has 1 rings (SSSR count). The molecular weight excluding hydrogens is 212 g/mol. The third-order valence-corrected chi connectivity index (χ3v) is 3.74. The van der Waals surface area contributed by atoms with Crippen LogP contribution in [0.2, 0.25) is 0 Å². The highest BCUT2D eigenvalue weighted by atomic mass is 16.3. The lowest BCUT2D eigenvalue weighted by atomic mass is 9.76. The highest BCUT2D eigenvalue weighted by Crippen LogP contribution is 2.32. The molecule has 3 heteroatoms. The Morgan fingerprint density at radius 3 is 2.59 bits per heavy atom. The second kappa shape index (κ2) is 6.80. The van der Waals surface area contributed by atoms with Crippen LogP contribution in [0.15, 0.2) is 12.4 Å². The van der Waals surface area contributed by atoms with E-state index in [1.807, 2.05) is 10.9 Å². The number of aliphatic hydroxyl groups excluding tert-OH is 1. The number of aliphatic hydroxyl groups is 1. The van der Waals surface area contributed by atoms with Crippen LogP contribution < -0.4 is 0 Å². The molecule has 1 unspecified atom stereocenters. The fourth-order valence-electron chi connectivity index (χ4n) is 2.29. The van der Waals surface area contributed by atoms with Crippen LogP contribution in [0.25, 0.3) is 0 Å². The molecule has 0 spiro atoms. The fraction of sp³-hybridized carbons (Fsp3) is 0.786. The summed E-state index contributed by atoms with van der Waals surface area (Å²) in [5.74, 6) is 0. The molecule has 0 aromatic carbocycles. The number of hydrogen-bond acceptors (Lipinski definition) is 2. The minimum atomic E-state index is 0.0532. The van der Waals surface area contributed by atoms with Crippen LogP contribution in [0.5, 0.6) is 0 Å². The van der Waals surface area contributed by atoms with Crippen molar-refractivity contribution < 1.29 is 5.11 Å². The van der Waals surface area contributed by atoms with Crippen LogP contribution in [0.3, 0.4) is 0 Å². The third-order valence-electron chi connectivity index (χ3n) is 3.74. The summed E-state index contributed by atoms with van der Waals surface area (Å²) >= 11 is 0. The Balaban J connectivity index is 2.70. The summed E-state index contributed by atoms with van der Waals surface area (Å²) in [6, 6.07) is 0. The maximum Gasteiger partial charge on any atom is 0.0521 e. The largest absolute Gasteiger partial charge is 0.396 e. The van der Waals surface area contributed by atoms with E-state index in [0.717, 1.165) is 25.8 Å². The first-order valence-electron chi connectivity index (χ1n) is 6.82. The first-order valence-corrected chi connectivity index (χ1v) is 6.82. The van der Waals surface area contributed by atoms with Gasteiger partial charge in [0, 0.05) is 19.3 Å². The predicted octanol–water partition coefficient (Wildman–Crippen LogP) is 3.02. The van der Waals surface area contributed by atoms with Gasteiger partial charge in [-0.1, -0.05) is 26.7 Å². The van der Waals surface area contributed by atoms with Crippen molar-refractivity contribution in [1.82, 2.24) is 9.78 Å². The Morgan fingerprint density at radius 2 is 2.12 bits per heavy atom. The van der Waals surface area contributed by atoms with Crippen LogP contribution in [-0.2, 0) is 13.0 Å². The highest BCUT2D eigenvalue weighted by molar-refractivity contribution is 5.07. The number of unbranched alkanes of at least 4 members (excludes halogenated alkanes) is 1. The Bertz CT molecular complexity index is 316. The van der Waals surface area contributed by atoms with Gasteiger partial charge in [-0.2, -0.15) is 5.10 Å². The molecule has 0 fully saturated rings. The monoisotopic (exact) mass is 238 g/mol. The van der Waals surface area contributed by atoms with Crippen molar-refractivity contribution in [3.05, 3.63) is 18.0 Å². The van der Waals surface area contributed by atoms with Crippen molar-refractivity contribution in [3.8, 4) is 0 Å². The van der Waals surface area contributed by atoms with Crippen molar-refractivity contribution in [2.24, 2.45) is 5.41 Å². The number of aromatic nitrogens is 2. The minimum Gasteiger partial charge on any atom is -0.396 e. The Morgan fingerprint density at radius 1 is 1.35 bits per heavy atom. The summed E-state index contributed by atoms with van der Waals surface area (Å²) in [7, 11) is 0. The van der Waals surface area contributed by atoms with E-state index in [2.05, 4.69) is 32.1 Å². The predicted molar refractivity (Wildman–Crippen MR) is 70.9 cm³/mol. The van der Waals surface area contributed by atoms with Gasteiger partial charge in [0.25, 0.3) is 0 Å². The van der Waals surface area contributed by atoms with Gasteiger partial charge in [0.05, 0.1) is 6.20 Å². The van der Waals surface area contributed by atoms with Crippen LogP contribution in [-0.4, -0.2) is 21.5 Å². The lowest BCUT2D eigenvalue weighted by molar-refractivity contribution is 0.107. The van der Waals surface area contributed by atoms with Crippen molar-refractivity contribution in [2.75, 3.05) is 6.61 Å². The van der Waals surface area contributed by atoms with Crippen molar-refractivity contribution >= 4 is 0 Å². The molecule has 3 nitrogen and oxygen atoms in total. The van der Waals surface area contributed by atoms with Crippen molar-refractivity contribution in [3.63, 3.8) is 0 Å². The quantitative estimate of drug-likeness (QED) is 0.756. The number of nitrogens with zero attached hydrogens (tertiary/aromatic N) is 2. The van der Waals surface area contributed by atoms with Gasteiger partial charge in [-0.15, -0.1) is 0 Å². The molecule has 0 radical (unpaired) electrons. The van der Waals surface area contributed by atoms with Gasteiger partial charge in [0.1, 0.15) is 0 Å². The first kappa shape index (κ1) is 14.2. The Labute approximate surface area is 105 Å². The second-order valence-electron chi connectivity index (χ2n) is 5.00.